The average Bonchev–Trinajstić information content (AvgIpc) is 2.95. The molecule has 1 heterocycles. The molecule has 0 radical (unpaired) electrons. The zero-order chi connectivity index (χ0) is 21.0. The quantitative estimate of drug-likeness (QED) is 0.754. The number of anilines is 1. The molecule has 1 N–H and O–H groups in total. The second-order valence-corrected chi connectivity index (χ2v) is 10.5. The summed E-state index contributed by atoms with van der Waals surface area (Å²) in [6.07, 6.45) is 1.17. The number of sulfonamides is 1. The highest BCUT2D eigenvalue weighted by atomic mass is 32.2. The molecule has 0 bridgehead atoms. The number of thioether (sulfide) groups is 1. The van der Waals surface area contributed by atoms with Crippen LogP contribution in [0.3, 0.4) is 0 Å². The molecule has 1 fully saturated rings. The summed E-state index contributed by atoms with van der Waals surface area (Å²) in [5.74, 6) is 0.675. The van der Waals surface area contributed by atoms with Gasteiger partial charge in [0, 0.05) is 36.2 Å². The van der Waals surface area contributed by atoms with Crippen molar-refractivity contribution in [1.29, 1.82) is 0 Å². The number of carbonyl (C=O) groups excluding carboxylic acids is 1. The van der Waals surface area contributed by atoms with Crippen LogP contribution in [-0.4, -0.2) is 37.5 Å². The van der Waals surface area contributed by atoms with E-state index in [-0.39, 0.29) is 5.91 Å². The summed E-state index contributed by atoms with van der Waals surface area (Å²) in [5.41, 5.74) is 3.82. The van der Waals surface area contributed by atoms with E-state index >= 15 is 0 Å². The van der Waals surface area contributed by atoms with E-state index in [4.69, 9.17) is 0 Å². The molecule has 0 spiro atoms. The van der Waals surface area contributed by atoms with Crippen LogP contribution < -0.4 is 5.32 Å². The van der Waals surface area contributed by atoms with Crippen LogP contribution in [0.4, 0.5) is 5.69 Å². The van der Waals surface area contributed by atoms with Gasteiger partial charge in [-0.25, -0.2) is 8.42 Å². The number of aryl methyl sites for hydroxylation is 2. The lowest BCUT2D eigenvalue weighted by Gasteiger charge is -2.21. The molecule has 0 saturated carbocycles. The van der Waals surface area contributed by atoms with Gasteiger partial charge in [-0.05, 0) is 55.2 Å². The highest BCUT2D eigenvalue weighted by Crippen LogP contribution is 2.37. The van der Waals surface area contributed by atoms with Gasteiger partial charge in [-0.3, -0.25) is 4.79 Å². The molecule has 2 aromatic carbocycles. The predicted molar refractivity (Wildman–Crippen MR) is 120 cm³/mol. The number of rotatable bonds is 5. The summed E-state index contributed by atoms with van der Waals surface area (Å²) in [7, 11) is -3.58. The number of hydrogen-bond donors (Lipinski definition) is 1. The van der Waals surface area contributed by atoms with Crippen LogP contribution >= 0.6 is 11.8 Å². The minimum absolute atomic E-state index is 0.0909. The maximum absolute atomic E-state index is 13.3. The van der Waals surface area contributed by atoms with Gasteiger partial charge < -0.3 is 5.32 Å². The Labute approximate surface area is 177 Å². The minimum Gasteiger partial charge on any atom is -0.326 e. The van der Waals surface area contributed by atoms with Crippen molar-refractivity contribution >= 4 is 33.4 Å². The molecular weight excluding hydrogens is 404 g/mol. The Hall–Kier alpha value is -1.83. The molecule has 1 aliphatic heterocycles. The van der Waals surface area contributed by atoms with Gasteiger partial charge in [-0.15, -0.1) is 0 Å². The first-order valence-corrected chi connectivity index (χ1v) is 12.4. The fraction of sp³-hybridized carbons (Fsp3) is 0.409. The molecule has 156 valence electrons. The van der Waals surface area contributed by atoms with Crippen LogP contribution in [0, 0.1) is 13.8 Å². The summed E-state index contributed by atoms with van der Waals surface area (Å²) < 4.78 is 28.2. The third kappa shape index (κ3) is 5.02. The SMILES string of the molecule is CCC(=O)Nc1ccc(S(=O)(=O)N2CCS[C@H](c3ccccc3C)CC2)c(C)c1. The second kappa shape index (κ2) is 9.32. The van der Waals surface area contributed by atoms with E-state index < -0.39 is 10.0 Å². The zero-order valence-electron chi connectivity index (χ0n) is 17.1. The lowest BCUT2D eigenvalue weighted by atomic mass is 10.0. The van der Waals surface area contributed by atoms with Gasteiger partial charge in [0.2, 0.25) is 15.9 Å². The van der Waals surface area contributed by atoms with Gasteiger partial charge in [-0.2, -0.15) is 16.1 Å². The average molecular weight is 433 g/mol. The van der Waals surface area contributed by atoms with Gasteiger partial charge >= 0.3 is 0 Å². The number of nitrogens with one attached hydrogen (secondary N) is 1. The largest absolute Gasteiger partial charge is 0.326 e. The first-order chi connectivity index (χ1) is 13.8. The van der Waals surface area contributed by atoms with Crippen LogP contribution in [0.1, 0.15) is 41.7 Å². The maximum Gasteiger partial charge on any atom is 0.243 e. The molecule has 1 aliphatic rings. The summed E-state index contributed by atoms with van der Waals surface area (Å²) in [4.78, 5) is 11.9. The van der Waals surface area contributed by atoms with Gasteiger partial charge in [0.25, 0.3) is 0 Å². The van der Waals surface area contributed by atoms with Crippen molar-refractivity contribution in [3.05, 3.63) is 59.2 Å². The molecule has 3 rings (SSSR count). The smallest absolute Gasteiger partial charge is 0.243 e. The summed E-state index contributed by atoms with van der Waals surface area (Å²) >= 11 is 1.83. The molecule has 0 aliphatic carbocycles. The minimum atomic E-state index is -3.58. The normalized spacial score (nSPS) is 18.2. The molecule has 1 saturated heterocycles. The Bertz CT molecular complexity index is 989. The fourth-order valence-electron chi connectivity index (χ4n) is 3.59. The Morgan fingerprint density at radius 3 is 2.59 bits per heavy atom. The number of nitrogens with zero attached hydrogens (tertiary/aromatic N) is 1. The number of amides is 1. The Kier molecular flexibility index (Phi) is 7.03. The summed E-state index contributed by atoms with van der Waals surface area (Å²) in [6.45, 7) is 6.67. The molecule has 0 aromatic heterocycles. The molecule has 7 heteroatoms. The van der Waals surface area contributed by atoms with E-state index in [1.165, 1.54) is 11.1 Å². The molecule has 2 aromatic rings. The topological polar surface area (TPSA) is 66.5 Å². The predicted octanol–water partition coefficient (Wildman–Crippen LogP) is 4.52. The Morgan fingerprint density at radius 2 is 1.90 bits per heavy atom. The first-order valence-electron chi connectivity index (χ1n) is 9.90. The lowest BCUT2D eigenvalue weighted by Crippen LogP contribution is -2.33. The van der Waals surface area contributed by atoms with Crippen LogP contribution in [0.15, 0.2) is 47.4 Å². The van der Waals surface area contributed by atoms with Crippen molar-refractivity contribution in [2.45, 2.75) is 43.8 Å². The van der Waals surface area contributed by atoms with E-state index in [1.54, 1.807) is 36.4 Å². The number of benzene rings is 2. The van der Waals surface area contributed by atoms with E-state index in [1.807, 2.05) is 23.9 Å². The maximum atomic E-state index is 13.3. The Morgan fingerprint density at radius 1 is 1.14 bits per heavy atom. The van der Waals surface area contributed by atoms with Crippen molar-refractivity contribution in [2.75, 3.05) is 24.2 Å². The highest BCUT2D eigenvalue weighted by Gasteiger charge is 2.29. The monoisotopic (exact) mass is 432 g/mol. The van der Waals surface area contributed by atoms with E-state index in [0.717, 1.165) is 12.2 Å². The summed E-state index contributed by atoms with van der Waals surface area (Å²) in [6, 6.07) is 13.3. The number of carbonyl (C=O) groups is 1. The van der Waals surface area contributed by atoms with E-state index in [0.29, 0.717) is 40.9 Å². The molecular formula is C22H28N2O3S2. The van der Waals surface area contributed by atoms with Crippen LogP contribution in [-0.2, 0) is 14.8 Å². The van der Waals surface area contributed by atoms with Crippen molar-refractivity contribution in [3.63, 3.8) is 0 Å². The zero-order valence-corrected chi connectivity index (χ0v) is 18.8. The third-order valence-corrected chi connectivity index (χ3v) is 8.60. The van der Waals surface area contributed by atoms with Crippen molar-refractivity contribution in [2.24, 2.45) is 0 Å². The van der Waals surface area contributed by atoms with Gasteiger partial charge in [-0.1, -0.05) is 31.2 Å². The van der Waals surface area contributed by atoms with Crippen molar-refractivity contribution in [3.8, 4) is 0 Å². The number of hydrogen-bond acceptors (Lipinski definition) is 4. The van der Waals surface area contributed by atoms with E-state index in [2.05, 4.69) is 24.4 Å². The van der Waals surface area contributed by atoms with E-state index in [9.17, 15) is 13.2 Å². The standard InChI is InChI=1S/C22H28N2O3S2/c1-4-22(25)23-18-9-10-21(17(3)15-18)29(26,27)24-12-11-20(28-14-13-24)19-8-6-5-7-16(19)2/h5-10,15,20H,4,11-14H2,1-3H3,(H,23,25)/t20-/m0/s1. The molecule has 0 unspecified atom stereocenters. The van der Waals surface area contributed by atoms with Crippen molar-refractivity contribution in [1.82, 2.24) is 4.31 Å². The lowest BCUT2D eigenvalue weighted by molar-refractivity contribution is -0.115. The van der Waals surface area contributed by atoms with Gasteiger partial charge in [0.1, 0.15) is 0 Å². The van der Waals surface area contributed by atoms with Crippen molar-refractivity contribution < 1.29 is 13.2 Å². The third-order valence-electron chi connectivity index (χ3n) is 5.23. The highest BCUT2D eigenvalue weighted by molar-refractivity contribution is 7.99. The van der Waals surface area contributed by atoms with Crippen LogP contribution in [0.25, 0.3) is 0 Å². The molecule has 29 heavy (non-hydrogen) atoms. The fourth-order valence-corrected chi connectivity index (χ4v) is 6.70. The second-order valence-electron chi connectivity index (χ2n) is 7.29. The first kappa shape index (κ1) is 21.9. The summed E-state index contributed by atoms with van der Waals surface area (Å²) in [5, 5.41) is 3.09. The van der Waals surface area contributed by atoms with Crippen LogP contribution in [0.2, 0.25) is 0 Å². The van der Waals surface area contributed by atoms with Gasteiger partial charge in [0.05, 0.1) is 4.90 Å². The molecule has 1 atom stereocenters. The molecule has 1 amide bonds. The van der Waals surface area contributed by atoms with Crippen LogP contribution in [0.5, 0.6) is 0 Å². The Balaban J connectivity index is 1.78. The van der Waals surface area contributed by atoms with Gasteiger partial charge in [0.15, 0.2) is 0 Å². The molecule has 5 nitrogen and oxygen atoms in total.